The van der Waals surface area contributed by atoms with E-state index in [0.29, 0.717) is 17.1 Å². The number of anilines is 1. The van der Waals surface area contributed by atoms with E-state index in [0.717, 1.165) is 53.0 Å². The zero-order chi connectivity index (χ0) is 21.2. The summed E-state index contributed by atoms with van der Waals surface area (Å²) in [5.41, 5.74) is 4.26. The number of nitrogens with one attached hydrogen (secondary N) is 1. The Morgan fingerprint density at radius 1 is 1.06 bits per heavy atom. The van der Waals surface area contributed by atoms with E-state index in [4.69, 9.17) is 9.97 Å². The van der Waals surface area contributed by atoms with Crippen molar-refractivity contribution >= 4 is 27.8 Å². The normalized spacial score (nSPS) is 20.1. The van der Waals surface area contributed by atoms with Gasteiger partial charge < -0.3 is 15.3 Å². The molecular weight excluding hydrogens is 388 g/mol. The number of aromatic nitrogens is 4. The van der Waals surface area contributed by atoms with Crippen molar-refractivity contribution in [3.05, 3.63) is 42.6 Å². The van der Waals surface area contributed by atoms with E-state index < -0.39 is 0 Å². The number of aromatic hydroxyl groups is 1. The van der Waals surface area contributed by atoms with Crippen LogP contribution >= 0.6 is 0 Å². The van der Waals surface area contributed by atoms with Crippen LogP contribution in [0.3, 0.4) is 0 Å². The lowest BCUT2D eigenvalue weighted by molar-refractivity contribution is 0.455. The van der Waals surface area contributed by atoms with Gasteiger partial charge >= 0.3 is 0 Å². The van der Waals surface area contributed by atoms with Gasteiger partial charge in [-0.25, -0.2) is 9.97 Å². The number of phenolic OH excluding ortho intramolecular Hbond substituents is 1. The molecule has 2 fully saturated rings. The number of aryl methyl sites for hydroxylation is 1. The van der Waals surface area contributed by atoms with Gasteiger partial charge in [0.05, 0.1) is 22.2 Å². The first-order valence-electron chi connectivity index (χ1n) is 10.9. The summed E-state index contributed by atoms with van der Waals surface area (Å²) in [7, 11) is 1.87. The Balaban J connectivity index is 1.28. The van der Waals surface area contributed by atoms with Crippen molar-refractivity contribution < 1.29 is 5.11 Å². The largest absolute Gasteiger partial charge is 0.507 e. The van der Waals surface area contributed by atoms with Crippen molar-refractivity contribution in [1.82, 2.24) is 25.1 Å². The quantitative estimate of drug-likeness (QED) is 0.531. The first-order valence-corrected chi connectivity index (χ1v) is 10.9. The average Bonchev–Trinajstić information content (AvgIpc) is 3.13. The molecule has 1 aromatic carbocycles. The van der Waals surface area contributed by atoms with Crippen LogP contribution < -0.4 is 10.2 Å². The lowest BCUT2D eigenvalue weighted by Crippen LogP contribution is -2.40. The molecule has 6 rings (SSSR count). The Labute approximate surface area is 180 Å². The van der Waals surface area contributed by atoms with Gasteiger partial charge in [-0.15, -0.1) is 0 Å². The Kier molecular flexibility index (Phi) is 3.99. The van der Waals surface area contributed by atoms with Gasteiger partial charge in [-0.3, -0.25) is 4.68 Å². The molecule has 1 saturated carbocycles. The SMILES string of the molecule is Cn1cc2cc(-c3ccc4nc(N5CC[C@@H](NC6(C)CC6)C5)ccc4n3)c(O)cc2n1. The summed E-state index contributed by atoms with van der Waals surface area (Å²) >= 11 is 0. The first kappa shape index (κ1) is 18.6. The van der Waals surface area contributed by atoms with Crippen LogP contribution in [0.15, 0.2) is 42.6 Å². The molecule has 1 aliphatic carbocycles. The van der Waals surface area contributed by atoms with Gasteiger partial charge in [0.15, 0.2) is 0 Å². The number of rotatable bonds is 4. The lowest BCUT2D eigenvalue weighted by atomic mass is 10.1. The van der Waals surface area contributed by atoms with E-state index in [2.05, 4.69) is 28.3 Å². The summed E-state index contributed by atoms with van der Waals surface area (Å²) in [5, 5.41) is 19.6. The van der Waals surface area contributed by atoms with Gasteiger partial charge in [-0.1, -0.05) is 0 Å². The Hall–Kier alpha value is -3.19. The molecule has 2 N–H and O–H groups in total. The molecule has 0 unspecified atom stereocenters. The first-order chi connectivity index (χ1) is 15.0. The molecule has 4 heterocycles. The minimum atomic E-state index is 0.183. The fraction of sp³-hybridized carbons (Fsp3) is 0.375. The van der Waals surface area contributed by atoms with Crippen LogP contribution in [-0.4, -0.2) is 49.5 Å². The highest BCUT2D eigenvalue weighted by atomic mass is 16.3. The Bertz CT molecular complexity index is 1310. The molecule has 0 spiro atoms. The fourth-order valence-electron chi connectivity index (χ4n) is 4.63. The van der Waals surface area contributed by atoms with E-state index in [1.165, 1.54) is 12.8 Å². The minimum Gasteiger partial charge on any atom is -0.507 e. The molecule has 0 amide bonds. The molecule has 3 aromatic heterocycles. The summed E-state index contributed by atoms with van der Waals surface area (Å²) in [4.78, 5) is 12.0. The molecule has 158 valence electrons. The molecule has 1 atom stereocenters. The van der Waals surface area contributed by atoms with Crippen LogP contribution in [0.5, 0.6) is 5.75 Å². The second-order valence-corrected chi connectivity index (χ2v) is 9.27. The topological polar surface area (TPSA) is 79.1 Å². The summed E-state index contributed by atoms with van der Waals surface area (Å²) in [6, 6.07) is 12.2. The molecule has 4 aromatic rings. The van der Waals surface area contributed by atoms with E-state index in [1.807, 2.05) is 37.5 Å². The van der Waals surface area contributed by atoms with Crippen LogP contribution in [-0.2, 0) is 7.05 Å². The molecule has 0 bridgehead atoms. The van der Waals surface area contributed by atoms with E-state index >= 15 is 0 Å². The smallest absolute Gasteiger partial charge is 0.129 e. The number of nitrogens with zero attached hydrogens (tertiary/aromatic N) is 5. The van der Waals surface area contributed by atoms with Gasteiger partial charge in [-0.05, 0) is 56.5 Å². The maximum absolute atomic E-state index is 10.5. The van der Waals surface area contributed by atoms with Gasteiger partial charge in [0.1, 0.15) is 11.6 Å². The molecule has 7 heteroatoms. The summed E-state index contributed by atoms with van der Waals surface area (Å²) in [6.45, 7) is 4.34. The number of hydrogen-bond donors (Lipinski definition) is 2. The number of phenols is 1. The zero-order valence-corrected chi connectivity index (χ0v) is 17.8. The predicted octanol–water partition coefficient (Wildman–Crippen LogP) is 3.61. The zero-order valence-electron chi connectivity index (χ0n) is 17.8. The van der Waals surface area contributed by atoms with E-state index in [9.17, 15) is 5.11 Å². The molecule has 2 aliphatic rings. The van der Waals surface area contributed by atoms with E-state index in [-0.39, 0.29) is 5.75 Å². The van der Waals surface area contributed by atoms with Crippen molar-refractivity contribution in [2.75, 3.05) is 18.0 Å². The third kappa shape index (κ3) is 3.39. The fourth-order valence-corrected chi connectivity index (χ4v) is 4.63. The van der Waals surface area contributed by atoms with Crippen molar-refractivity contribution in [1.29, 1.82) is 0 Å². The van der Waals surface area contributed by atoms with Gasteiger partial charge in [0, 0.05) is 54.9 Å². The van der Waals surface area contributed by atoms with Crippen molar-refractivity contribution in [3.63, 3.8) is 0 Å². The molecule has 1 saturated heterocycles. The second-order valence-electron chi connectivity index (χ2n) is 9.27. The van der Waals surface area contributed by atoms with Crippen molar-refractivity contribution in [2.24, 2.45) is 7.05 Å². The highest BCUT2D eigenvalue weighted by Gasteiger charge is 2.40. The summed E-state index contributed by atoms with van der Waals surface area (Å²) < 4.78 is 1.75. The summed E-state index contributed by atoms with van der Waals surface area (Å²) in [6.07, 6.45) is 5.67. The molecule has 31 heavy (non-hydrogen) atoms. The van der Waals surface area contributed by atoms with Gasteiger partial charge in [0.2, 0.25) is 0 Å². The monoisotopic (exact) mass is 414 g/mol. The molecular formula is C24H26N6O. The molecule has 7 nitrogen and oxygen atoms in total. The average molecular weight is 415 g/mol. The van der Waals surface area contributed by atoms with Crippen LogP contribution in [0, 0.1) is 0 Å². The number of fused-ring (bicyclic) bond motifs is 2. The number of pyridine rings is 2. The van der Waals surface area contributed by atoms with Gasteiger partial charge in [-0.2, -0.15) is 5.10 Å². The second kappa shape index (κ2) is 6.65. The Morgan fingerprint density at radius 3 is 2.71 bits per heavy atom. The maximum Gasteiger partial charge on any atom is 0.129 e. The van der Waals surface area contributed by atoms with Crippen molar-refractivity contribution in [3.8, 4) is 17.0 Å². The highest BCUT2D eigenvalue weighted by Crippen LogP contribution is 2.36. The highest BCUT2D eigenvalue weighted by molar-refractivity contribution is 5.88. The van der Waals surface area contributed by atoms with Crippen LogP contribution in [0.25, 0.3) is 33.2 Å². The van der Waals surface area contributed by atoms with Crippen LogP contribution in [0.1, 0.15) is 26.2 Å². The standard InChI is InChI=1S/C24H26N6O/c1-24(8-9-24)27-16-7-10-30(14-16)23-6-5-19-20(26-23)4-3-18(25-19)17-11-15-13-29(2)28-21(15)12-22(17)31/h3-6,11-13,16,27,31H,7-10,14H2,1-2H3/t16-/m1/s1. The van der Waals surface area contributed by atoms with E-state index in [1.54, 1.807) is 10.7 Å². The van der Waals surface area contributed by atoms with Crippen molar-refractivity contribution in [2.45, 2.75) is 37.8 Å². The Morgan fingerprint density at radius 2 is 1.87 bits per heavy atom. The lowest BCUT2D eigenvalue weighted by Gasteiger charge is -2.20. The predicted molar refractivity (Wildman–Crippen MR) is 122 cm³/mol. The third-order valence-electron chi connectivity index (χ3n) is 6.60. The maximum atomic E-state index is 10.5. The number of hydrogen-bond acceptors (Lipinski definition) is 6. The molecule has 1 aliphatic heterocycles. The molecule has 0 radical (unpaired) electrons. The minimum absolute atomic E-state index is 0.183. The van der Waals surface area contributed by atoms with Crippen LogP contribution in [0.2, 0.25) is 0 Å². The number of benzene rings is 1. The van der Waals surface area contributed by atoms with Crippen LogP contribution in [0.4, 0.5) is 5.82 Å². The summed E-state index contributed by atoms with van der Waals surface area (Å²) in [5.74, 6) is 1.19. The third-order valence-corrected chi connectivity index (χ3v) is 6.60. The van der Waals surface area contributed by atoms with Gasteiger partial charge in [0.25, 0.3) is 0 Å².